The molecule has 20 heavy (non-hydrogen) atoms. The number of carbonyl (C=O) groups excluding carboxylic acids is 1. The minimum Gasteiger partial charge on any atom is -0.340 e. The van der Waals surface area contributed by atoms with Crippen molar-refractivity contribution in [3.05, 3.63) is 20.8 Å². The van der Waals surface area contributed by atoms with E-state index in [2.05, 4.69) is 44.6 Å². The van der Waals surface area contributed by atoms with Crippen LogP contribution < -0.4 is 5.32 Å². The maximum atomic E-state index is 12.0. The summed E-state index contributed by atoms with van der Waals surface area (Å²) in [7, 11) is 2.07. The Labute approximate surface area is 139 Å². The first-order valence-electron chi connectivity index (χ1n) is 6.55. The molecular weight excluding hydrogens is 362 g/mol. The zero-order chi connectivity index (χ0) is 13.7. The van der Waals surface area contributed by atoms with E-state index in [1.54, 1.807) is 11.3 Å². The Balaban J connectivity index is 0.00000200. The zero-order valence-electron chi connectivity index (χ0n) is 11.6. The third kappa shape index (κ3) is 5.69. The standard InChI is InChI=1S/C13H20BrN3OS.ClH/c1-16(9-12-8-11(14)10-19-12)5-2-13(18)17-6-3-15-4-7-17;/h8,10,15H,2-7,9H2,1H3;1H. The molecule has 4 nitrogen and oxygen atoms in total. The number of carbonyl (C=O) groups is 1. The highest BCUT2D eigenvalue weighted by Crippen LogP contribution is 2.20. The average molecular weight is 383 g/mol. The van der Waals surface area contributed by atoms with Crippen molar-refractivity contribution < 1.29 is 4.79 Å². The van der Waals surface area contributed by atoms with Crippen LogP contribution in [0.2, 0.25) is 0 Å². The van der Waals surface area contributed by atoms with Crippen molar-refractivity contribution in [2.45, 2.75) is 13.0 Å². The highest BCUT2D eigenvalue weighted by molar-refractivity contribution is 9.10. The van der Waals surface area contributed by atoms with Crippen LogP contribution in [0, 0.1) is 0 Å². The molecule has 1 fully saturated rings. The van der Waals surface area contributed by atoms with E-state index in [-0.39, 0.29) is 18.3 Å². The van der Waals surface area contributed by atoms with Crippen molar-refractivity contribution in [3.8, 4) is 0 Å². The number of hydrogen-bond donors (Lipinski definition) is 1. The van der Waals surface area contributed by atoms with Gasteiger partial charge in [-0.1, -0.05) is 0 Å². The first kappa shape index (κ1) is 17.9. The first-order chi connectivity index (χ1) is 9.15. The van der Waals surface area contributed by atoms with Gasteiger partial charge in [-0.15, -0.1) is 23.7 Å². The summed E-state index contributed by atoms with van der Waals surface area (Å²) >= 11 is 5.21. The molecule has 0 atom stereocenters. The monoisotopic (exact) mass is 381 g/mol. The van der Waals surface area contributed by atoms with Crippen molar-refractivity contribution in [2.24, 2.45) is 0 Å². The van der Waals surface area contributed by atoms with Crippen LogP contribution in [0.15, 0.2) is 15.9 Å². The lowest BCUT2D eigenvalue weighted by Crippen LogP contribution is -2.46. The molecule has 1 aromatic heterocycles. The van der Waals surface area contributed by atoms with Crippen molar-refractivity contribution in [2.75, 3.05) is 39.8 Å². The fourth-order valence-corrected chi connectivity index (χ4v) is 3.67. The van der Waals surface area contributed by atoms with Crippen LogP contribution in [0.25, 0.3) is 0 Å². The second kappa shape index (κ2) is 9.00. The summed E-state index contributed by atoms with van der Waals surface area (Å²) in [5.74, 6) is 0.278. The van der Waals surface area contributed by atoms with E-state index < -0.39 is 0 Å². The largest absolute Gasteiger partial charge is 0.340 e. The van der Waals surface area contributed by atoms with E-state index in [1.165, 1.54) is 4.88 Å². The maximum absolute atomic E-state index is 12.0. The predicted octanol–water partition coefficient (Wildman–Crippen LogP) is 2.19. The number of piperazine rings is 1. The summed E-state index contributed by atoms with van der Waals surface area (Å²) in [6.45, 7) is 5.26. The molecule has 1 amide bonds. The molecule has 1 N–H and O–H groups in total. The summed E-state index contributed by atoms with van der Waals surface area (Å²) in [6, 6.07) is 2.14. The lowest BCUT2D eigenvalue weighted by molar-refractivity contribution is -0.132. The summed E-state index contributed by atoms with van der Waals surface area (Å²) in [4.78, 5) is 17.5. The number of thiophene rings is 1. The number of rotatable bonds is 5. The molecule has 0 unspecified atom stereocenters. The molecule has 1 aliphatic rings. The molecule has 114 valence electrons. The van der Waals surface area contributed by atoms with Gasteiger partial charge in [0.2, 0.25) is 5.91 Å². The second-order valence-corrected chi connectivity index (χ2v) is 6.76. The van der Waals surface area contributed by atoms with Gasteiger partial charge >= 0.3 is 0 Å². The minimum absolute atomic E-state index is 0. The number of hydrogen-bond acceptors (Lipinski definition) is 4. The van der Waals surface area contributed by atoms with Crippen molar-refractivity contribution >= 4 is 45.6 Å². The molecular formula is C13H21BrClN3OS. The normalized spacial score (nSPS) is 15.2. The molecule has 0 radical (unpaired) electrons. The van der Waals surface area contributed by atoms with Crippen LogP contribution >= 0.6 is 39.7 Å². The van der Waals surface area contributed by atoms with E-state index in [9.17, 15) is 4.79 Å². The van der Waals surface area contributed by atoms with Gasteiger partial charge in [0.15, 0.2) is 0 Å². The molecule has 1 aliphatic heterocycles. The highest BCUT2D eigenvalue weighted by Gasteiger charge is 2.16. The molecule has 7 heteroatoms. The molecule has 0 aromatic carbocycles. The van der Waals surface area contributed by atoms with Crippen LogP contribution in [0.5, 0.6) is 0 Å². The Morgan fingerprint density at radius 2 is 2.20 bits per heavy atom. The van der Waals surface area contributed by atoms with Gasteiger partial charge < -0.3 is 15.1 Å². The van der Waals surface area contributed by atoms with Gasteiger partial charge in [0, 0.05) is 60.4 Å². The van der Waals surface area contributed by atoms with Crippen molar-refractivity contribution in [1.29, 1.82) is 0 Å². The number of nitrogens with one attached hydrogen (secondary N) is 1. The Kier molecular flexibility index (Phi) is 8.06. The number of nitrogens with zero attached hydrogens (tertiary/aromatic N) is 2. The molecule has 0 spiro atoms. The molecule has 0 saturated carbocycles. The quantitative estimate of drug-likeness (QED) is 0.848. The Morgan fingerprint density at radius 3 is 2.80 bits per heavy atom. The van der Waals surface area contributed by atoms with E-state index >= 15 is 0 Å². The summed E-state index contributed by atoms with van der Waals surface area (Å²) < 4.78 is 1.14. The third-order valence-corrected chi connectivity index (χ3v) is 4.91. The average Bonchev–Trinajstić information content (AvgIpc) is 2.82. The second-order valence-electron chi connectivity index (χ2n) is 4.85. The number of halogens is 2. The predicted molar refractivity (Wildman–Crippen MR) is 89.7 cm³/mol. The van der Waals surface area contributed by atoms with Gasteiger partial charge in [0.25, 0.3) is 0 Å². The third-order valence-electron chi connectivity index (χ3n) is 3.22. The van der Waals surface area contributed by atoms with Gasteiger partial charge in [-0.25, -0.2) is 0 Å². The van der Waals surface area contributed by atoms with Crippen LogP contribution in [0.4, 0.5) is 0 Å². The molecule has 1 saturated heterocycles. The summed E-state index contributed by atoms with van der Waals surface area (Å²) in [6.07, 6.45) is 0.614. The van der Waals surface area contributed by atoms with Crippen LogP contribution in [0.3, 0.4) is 0 Å². The van der Waals surface area contributed by atoms with E-state index in [0.717, 1.165) is 43.7 Å². The van der Waals surface area contributed by atoms with Crippen LogP contribution in [0.1, 0.15) is 11.3 Å². The molecule has 2 rings (SSSR count). The van der Waals surface area contributed by atoms with Gasteiger partial charge in [0.05, 0.1) is 0 Å². The smallest absolute Gasteiger partial charge is 0.223 e. The minimum atomic E-state index is 0. The van der Waals surface area contributed by atoms with Crippen molar-refractivity contribution in [1.82, 2.24) is 15.1 Å². The topological polar surface area (TPSA) is 35.6 Å². The SMILES string of the molecule is CN(CCC(=O)N1CCNCC1)Cc1cc(Br)cs1.Cl. The van der Waals surface area contributed by atoms with Crippen molar-refractivity contribution in [3.63, 3.8) is 0 Å². The fourth-order valence-electron chi connectivity index (χ4n) is 2.14. The Morgan fingerprint density at radius 1 is 1.50 bits per heavy atom. The molecule has 2 heterocycles. The maximum Gasteiger partial charge on any atom is 0.223 e. The lowest BCUT2D eigenvalue weighted by atomic mass is 10.3. The van der Waals surface area contributed by atoms with E-state index in [1.807, 2.05) is 4.90 Å². The Bertz CT molecular complexity index is 424. The van der Waals surface area contributed by atoms with Gasteiger partial charge in [0.1, 0.15) is 0 Å². The lowest BCUT2D eigenvalue weighted by Gasteiger charge is -2.28. The summed E-state index contributed by atoms with van der Waals surface area (Å²) in [5.41, 5.74) is 0. The zero-order valence-corrected chi connectivity index (χ0v) is 14.8. The van der Waals surface area contributed by atoms with E-state index in [0.29, 0.717) is 6.42 Å². The fraction of sp³-hybridized carbons (Fsp3) is 0.615. The Hall–Kier alpha value is -0.140. The summed E-state index contributed by atoms with van der Waals surface area (Å²) in [5, 5.41) is 5.35. The number of amides is 1. The van der Waals surface area contributed by atoms with Gasteiger partial charge in [-0.3, -0.25) is 4.79 Å². The van der Waals surface area contributed by atoms with E-state index in [4.69, 9.17) is 0 Å². The molecule has 1 aromatic rings. The van der Waals surface area contributed by atoms with Crippen LogP contribution in [-0.4, -0.2) is 55.5 Å². The molecule has 0 aliphatic carbocycles. The van der Waals surface area contributed by atoms with Gasteiger partial charge in [-0.05, 0) is 29.0 Å². The van der Waals surface area contributed by atoms with Gasteiger partial charge in [-0.2, -0.15) is 0 Å². The highest BCUT2D eigenvalue weighted by atomic mass is 79.9. The van der Waals surface area contributed by atoms with Crippen LogP contribution in [-0.2, 0) is 11.3 Å². The molecule has 0 bridgehead atoms. The first-order valence-corrected chi connectivity index (χ1v) is 8.22.